The number of hydrogen-bond donors (Lipinski definition) is 1. The zero-order valence-corrected chi connectivity index (χ0v) is 11.8. The van der Waals surface area contributed by atoms with Crippen molar-refractivity contribution >= 4 is 5.91 Å². The van der Waals surface area contributed by atoms with E-state index >= 15 is 0 Å². The Morgan fingerprint density at radius 2 is 2.10 bits per heavy atom. The molecule has 0 aliphatic carbocycles. The Bertz CT molecular complexity index is 642. The number of rotatable bonds is 4. The Kier molecular flexibility index (Phi) is 4.49. The Labute approximate surface area is 122 Å². The highest BCUT2D eigenvalue weighted by Gasteiger charge is 2.09. The predicted molar refractivity (Wildman–Crippen MR) is 76.6 cm³/mol. The fourth-order valence-corrected chi connectivity index (χ4v) is 1.70. The first-order chi connectivity index (χ1) is 10.0. The summed E-state index contributed by atoms with van der Waals surface area (Å²) >= 11 is 0. The maximum Gasteiger partial charge on any atom is 0.254 e. The molecule has 0 aliphatic rings. The van der Waals surface area contributed by atoms with Crippen LogP contribution in [0.25, 0.3) is 0 Å². The first kappa shape index (κ1) is 14.9. The lowest BCUT2D eigenvalue weighted by Crippen LogP contribution is -2.21. The van der Waals surface area contributed by atoms with Gasteiger partial charge in [-0.05, 0) is 12.1 Å². The maximum absolute atomic E-state index is 13.6. The molecule has 6 heteroatoms. The molecular formula is C15H16FN3O2. The summed E-state index contributed by atoms with van der Waals surface area (Å²) in [4.78, 5) is 17.2. The molecule has 2 N–H and O–H groups in total. The van der Waals surface area contributed by atoms with Crippen molar-refractivity contribution in [2.24, 2.45) is 5.73 Å². The molecule has 1 heterocycles. The van der Waals surface area contributed by atoms with Crippen LogP contribution in [0.15, 0.2) is 36.5 Å². The molecule has 2 rings (SSSR count). The molecule has 1 amide bonds. The molecule has 0 aliphatic heterocycles. The second kappa shape index (κ2) is 6.32. The van der Waals surface area contributed by atoms with E-state index in [1.807, 2.05) is 0 Å². The third-order valence-electron chi connectivity index (χ3n) is 2.86. The fraction of sp³-hybridized carbons (Fsp3) is 0.200. The molecule has 21 heavy (non-hydrogen) atoms. The topological polar surface area (TPSA) is 68.5 Å². The van der Waals surface area contributed by atoms with E-state index in [9.17, 15) is 9.18 Å². The summed E-state index contributed by atoms with van der Waals surface area (Å²) in [7, 11) is 3.32. The summed E-state index contributed by atoms with van der Waals surface area (Å²) in [5.74, 6) is 0.0379. The van der Waals surface area contributed by atoms with Crippen molar-refractivity contribution in [1.82, 2.24) is 9.88 Å². The fourth-order valence-electron chi connectivity index (χ4n) is 1.70. The van der Waals surface area contributed by atoms with Crippen molar-refractivity contribution in [3.63, 3.8) is 0 Å². The van der Waals surface area contributed by atoms with E-state index in [0.29, 0.717) is 16.9 Å². The molecule has 0 bridgehead atoms. The molecule has 0 radical (unpaired) electrons. The van der Waals surface area contributed by atoms with E-state index in [2.05, 4.69) is 4.98 Å². The molecule has 0 unspecified atom stereocenters. The summed E-state index contributed by atoms with van der Waals surface area (Å²) in [6.07, 6.45) is 1.42. The van der Waals surface area contributed by atoms with Gasteiger partial charge in [0.25, 0.3) is 5.91 Å². The number of carbonyl (C=O) groups is 1. The first-order valence-corrected chi connectivity index (χ1v) is 6.35. The molecule has 1 aromatic heterocycles. The minimum absolute atomic E-state index is 0.131. The van der Waals surface area contributed by atoms with E-state index in [-0.39, 0.29) is 18.3 Å². The zero-order chi connectivity index (χ0) is 15.4. The van der Waals surface area contributed by atoms with Gasteiger partial charge in [0.05, 0.1) is 5.56 Å². The highest BCUT2D eigenvalue weighted by molar-refractivity contribution is 5.93. The van der Waals surface area contributed by atoms with Gasteiger partial charge in [-0.2, -0.15) is 0 Å². The second-order valence-electron chi connectivity index (χ2n) is 4.64. The van der Waals surface area contributed by atoms with Crippen molar-refractivity contribution in [2.75, 3.05) is 14.1 Å². The van der Waals surface area contributed by atoms with Crippen molar-refractivity contribution in [3.8, 4) is 11.6 Å². The quantitative estimate of drug-likeness (QED) is 0.936. The summed E-state index contributed by atoms with van der Waals surface area (Å²) in [5.41, 5.74) is 6.27. The monoisotopic (exact) mass is 289 g/mol. The molecular weight excluding hydrogens is 273 g/mol. The van der Waals surface area contributed by atoms with Gasteiger partial charge >= 0.3 is 0 Å². The van der Waals surface area contributed by atoms with E-state index in [0.717, 1.165) is 0 Å². The number of hydrogen-bond acceptors (Lipinski definition) is 4. The van der Waals surface area contributed by atoms with Crippen LogP contribution < -0.4 is 10.5 Å². The average Bonchev–Trinajstić information content (AvgIpc) is 2.47. The molecule has 0 atom stereocenters. The Balaban J connectivity index is 2.13. The van der Waals surface area contributed by atoms with Gasteiger partial charge in [-0.3, -0.25) is 4.79 Å². The number of halogens is 1. The molecule has 0 spiro atoms. The number of benzene rings is 1. The molecule has 0 saturated heterocycles. The van der Waals surface area contributed by atoms with Gasteiger partial charge < -0.3 is 15.4 Å². The summed E-state index contributed by atoms with van der Waals surface area (Å²) in [6, 6.07) is 7.60. The van der Waals surface area contributed by atoms with Crippen LogP contribution in [0.4, 0.5) is 4.39 Å². The van der Waals surface area contributed by atoms with Crippen molar-refractivity contribution in [2.45, 2.75) is 6.54 Å². The SMILES string of the molecule is CN(C)C(=O)c1ccc(Oc2ccc(CN)c(F)c2)nc1. The highest BCUT2D eigenvalue weighted by Crippen LogP contribution is 2.22. The number of amides is 1. The minimum Gasteiger partial charge on any atom is -0.439 e. The van der Waals surface area contributed by atoms with Crippen LogP contribution in [0.3, 0.4) is 0 Å². The van der Waals surface area contributed by atoms with Crippen LogP contribution in [-0.4, -0.2) is 29.9 Å². The van der Waals surface area contributed by atoms with Gasteiger partial charge in [-0.25, -0.2) is 9.37 Å². The van der Waals surface area contributed by atoms with E-state index in [1.165, 1.54) is 17.2 Å². The van der Waals surface area contributed by atoms with Crippen molar-refractivity contribution < 1.29 is 13.9 Å². The first-order valence-electron chi connectivity index (χ1n) is 6.35. The van der Waals surface area contributed by atoms with Gasteiger partial charge in [0.2, 0.25) is 5.88 Å². The molecule has 2 aromatic rings. The van der Waals surface area contributed by atoms with Crippen molar-refractivity contribution in [1.29, 1.82) is 0 Å². The van der Waals surface area contributed by atoms with E-state index < -0.39 is 5.82 Å². The normalized spacial score (nSPS) is 10.3. The average molecular weight is 289 g/mol. The van der Waals surface area contributed by atoms with Crippen LogP contribution >= 0.6 is 0 Å². The maximum atomic E-state index is 13.6. The zero-order valence-electron chi connectivity index (χ0n) is 11.8. The van der Waals surface area contributed by atoms with Crippen LogP contribution in [-0.2, 0) is 6.54 Å². The second-order valence-corrected chi connectivity index (χ2v) is 4.64. The van der Waals surface area contributed by atoms with Gasteiger partial charge in [-0.1, -0.05) is 6.07 Å². The summed E-state index contributed by atoms with van der Waals surface area (Å²) in [5, 5.41) is 0. The van der Waals surface area contributed by atoms with Crippen LogP contribution in [0, 0.1) is 5.82 Å². The number of carbonyl (C=O) groups excluding carboxylic acids is 1. The Hall–Kier alpha value is -2.47. The van der Waals surface area contributed by atoms with Crippen LogP contribution in [0.1, 0.15) is 15.9 Å². The molecule has 0 fully saturated rings. The molecule has 1 aromatic carbocycles. The minimum atomic E-state index is -0.422. The summed E-state index contributed by atoms with van der Waals surface area (Å²) in [6.45, 7) is 0.131. The lowest BCUT2D eigenvalue weighted by atomic mass is 10.2. The van der Waals surface area contributed by atoms with Crippen LogP contribution in [0.2, 0.25) is 0 Å². The van der Waals surface area contributed by atoms with Crippen LogP contribution in [0.5, 0.6) is 11.6 Å². The standard InChI is InChI=1S/C15H16FN3O2/c1-19(2)15(20)11-4-6-14(18-9-11)21-12-5-3-10(8-17)13(16)7-12/h3-7,9H,8,17H2,1-2H3. The van der Waals surface area contributed by atoms with E-state index in [4.69, 9.17) is 10.5 Å². The Morgan fingerprint density at radius 3 is 2.62 bits per heavy atom. The summed E-state index contributed by atoms with van der Waals surface area (Å²) < 4.78 is 19.0. The largest absolute Gasteiger partial charge is 0.439 e. The van der Waals surface area contributed by atoms with Gasteiger partial charge in [0, 0.05) is 44.5 Å². The molecule has 0 saturated carbocycles. The lowest BCUT2D eigenvalue weighted by molar-refractivity contribution is 0.0827. The smallest absolute Gasteiger partial charge is 0.254 e. The number of aromatic nitrogens is 1. The lowest BCUT2D eigenvalue weighted by Gasteiger charge is -2.10. The number of nitrogens with zero attached hydrogens (tertiary/aromatic N) is 2. The number of pyridine rings is 1. The van der Waals surface area contributed by atoms with Gasteiger partial charge in [-0.15, -0.1) is 0 Å². The van der Waals surface area contributed by atoms with Gasteiger partial charge in [0.15, 0.2) is 0 Å². The number of ether oxygens (including phenoxy) is 1. The Morgan fingerprint density at radius 1 is 1.33 bits per heavy atom. The van der Waals surface area contributed by atoms with Crippen molar-refractivity contribution in [3.05, 3.63) is 53.5 Å². The third kappa shape index (κ3) is 3.55. The van der Waals surface area contributed by atoms with E-state index in [1.54, 1.807) is 38.4 Å². The highest BCUT2D eigenvalue weighted by atomic mass is 19.1. The number of nitrogens with two attached hydrogens (primary N) is 1. The third-order valence-corrected chi connectivity index (χ3v) is 2.86. The van der Waals surface area contributed by atoms with Gasteiger partial charge in [0.1, 0.15) is 11.6 Å². The molecule has 5 nitrogen and oxygen atoms in total. The molecule has 110 valence electrons. The predicted octanol–water partition coefficient (Wildman–Crippen LogP) is 2.17.